The van der Waals surface area contributed by atoms with Crippen LogP contribution in [0.25, 0.3) is 0 Å². The van der Waals surface area contributed by atoms with Gasteiger partial charge in [-0.3, -0.25) is 0 Å². The zero-order valence-electron chi connectivity index (χ0n) is 9.11. The summed E-state index contributed by atoms with van der Waals surface area (Å²) in [5.41, 5.74) is -0.585. The molecule has 0 spiro atoms. The van der Waals surface area contributed by atoms with E-state index in [0.29, 0.717) is 6.61 Å². The lowest BCUT2D eigenvalue weighted by Gasteiger charge is -2.25. The second kappa shape index (κ2) is 4.30. The van der Waals surface area contributed by atoms with Gasteiger partial charge in [0.15, 0.2) is 0 Å². The molecule has 1 heterocycles. The Labute approximate surface area is 85.5 Å². The maximum atomic E-state index is 9.13. The van der Waals surface area contributed by atoms with E-state index in [9.17, 15) is 0 Å². The molecule has 5 heteroatoms. The number of nitrogens with zero attached hydrogens (tertiary/aromatic N) is 1. The Bertz CT molecular complexity index is 243. The minimum absolute atomic E-state index is 0.127. The average Bonchev–Trinajstić information content (AvgIpc) is 2.40. The fourth-order valence-electron chi connectivity index (χ4n) is 1.93. The summed E-state index contributed by atoms with van der Waals surface area (Å²) >= 11 is 0. The number of hydrogen-bond donors (Lipinski definition) is 0. The molecule has 1 fully saturated rings. The Morgan fingerprint density at radius 1 is 1.57 bits per heavy atom. The van der Waals surface area contributed by atoms with Gasteiger partial charge >= 0.3 is 0 Å². The number of methoxy groups -OCH3 is 2. The van der Waals surface area contributed by atoms with E-state index < -0.39 is 5.41 Å². The second-order valence-corrected chi connectivity index (χ2v) is 3.82. The predicted octanol–water partition coefficient (Wildman–Crippen LogP) is -0.464. The minimum atomic E-state index is -0.585. The Morgan fingerprint density at radius 2 is 2.21 bits per heavy atom. The molecular formula is C9H16BNO3. The number of rotatable bonds is 3. The molecule has 0 aromatic rings. The highest BCUT2D eigenvalue weighted by Crippen LogP contribution is 2.38. The van der Waals surface area contributed by atoms with Crippen molar-refractivity contribution >= 4 is 7.85 Å². The number of ether oxygens (including phenoxy) is 3. The smallest absolute Gasteiger partial charge is 0.141 e. The molecule has 0 aromatic carbocycles. The molecule has 1 saturated heterocycles. The van der Waals surface area contributed by atoms with Crippen molar-refractivity contribution in [3.05, 3.63) is 0 Å². The van der Waals surface area contributed by atoms with Gasteiger partial charge in [-0.2, -0.15) is 5.26 Å². The molecule has 4 atom stereocenters. The van der Waals surface area contributed by atoms with Crippen molar-refractivity contribution in [2.75, 3.05) is 20.8 Å². The fourth-order valence-corrected chi connectivity index (χ4v) is 1.93. The van der Waals surface area contributed by atoms with Gasteiger partial charge in [0.1, 0.15) is 25.5 Å². The van der Waals surface area contributed by atoms with E-state index in [1.54, 1.807) is 14.2 Å². The molecule has 14 heavy (non-hydrogen) atoms. The number of hydrogen-bond acceptors (Lipinski definition) is 4. The van der Waals surface area contributed by atoms with Crippen molar-refractivity contribution in [3.8, 4) is 6.07 Å². The minimum Gasteiger partial charge on any atom is -0.382 e. The molecule has 0 amide bonds. The van der Waals surface area contributed by atoms with Gasteiger partial charge in [0.25, 0.3) is 0 Å². The third-order valence-electron chi connectivity index (χ3n) is 2.98. The summed E-state index contributed by atoms with van der Waals surface area (Å²) in [6, 6.07) is 2.15. The Kier molecular flexibility index (Phi) is 3.54. The molecule has 78 valence electrons. The Hall–Kier alpha value is -0.565. The third kappa shape index (κ3) is 1.65. The number of nitriles is 1. The van der Waals surface area contributed by atoms with E-state index in [1.165, 1.54) is 0 Å². The summed E-state index contributed by atoms with van der Waals surface area (Å²) < 4.78 is 16.0. The molecule has 0 saturated carbocycles. The molecule has 0 radical (unpaired) electrons. The lowest BCUT2D eigenvalue weighted by molar-refractivity contribution is -0.0362. The summed E-state index contributed by atoms with van der Waals surface area (Å²) in [6.07, 6.45) is -0.368. The van der Waals surface area contributed by atoms with Crippen LogP contribution in [0.15, 0.2) is 0 Å². The van der Waals surface area contributed by atoms with Gasteiger partial charge in [0, 0.05) is 20.2 Å². The van der Waals surface area contributed by atoms with Gasteiger partial charge in [-0.1, -0.05) is 0 Å². The van der Waals surface area contributed by atoms with Crippen molar-refractivity contribution in [1.29, 1.82) is 5.26 Å². The zero-order valence-corrected chi connectivity index (χ0v) is 9.11. The first-order valence-corrected chi connectivity index (χ1v) is 4.68. The van der Waals surface area contributed by atoms with E-state index in [-0.39, 0.29) is 18.2 Å². The van der Waals surface area contributed by atoms with Gasteiger partial charge in [-0.05, 0) is 6.92 Å². The van der Waals surface area contributed by atoms with Gasteiger partial charge in [0.05, 0.1) is 12.7 Å². The first-order chi connectivity index (χ1) is 6.60. The molecule has 1 aliphatic heterocycles. The van der Waals surface area contributed by atoms with Crippen LogP contribution in [-0.4, -0.2) is 46.9 Å². The topological polar surface area (TPSA) is 51.5 Å². The first kappa shape index (κ1) is 11.5. The predicted molar refractivity (Wildman–Crippen MR) is 53.6 cm³/mol. The van der Waals surface area contributed by atoms with Crippen LogP contribution in [-0.2, 0) is 14.2 Å². The van der Waals surface area contributed by atoms with Crippen molar-refractivity contribution in [2.24, 2.45) is 5.41 Å². The zero-order chi connectivity index (χ0) is 10.8. The molecule has 1 aliphatic rings. The average molecular weight is 197 g/mol. The summed E-state index contributed by atoms with van der Waals surface area (Å²) in [4.78, 5) is 0. The summed E-state index contributed by atoms with van der Waals surface area (Å²) in [5, 5.41) is 9.13. The van der Waals surface area contributed by atoms with Gasteiger partial charge in [0.2, 0.25) is 0 Å². The normalized spacial score (nSPS) is 42.3. The van der Waals surface area contributed by atoms with Crippen LogP contribution in [0, 0.1) is 16.7 Å². The van der Waals surface area contributed by atoms with Crippen LogP contribution in [0.4, 0.5) is 0 Å². The van der Waals surface area contributed by atoms with Crippen LogP contribution in [0.3, 0.4) is 0 Å². The van der Waals surface area contributed by atoms with Crippen LogP contribution in [0.1, 0.15) is 6.92 Å². The quantitative estimate of drug-likeness (QED) is 0.574. The lowest BCUT2D eigenvalue weighted by Crippen LogP contribution is -2.40. The largest absolute Gasteiger partial charge is 0.382 e. The highest BCUT2D eigenvalue weighted by molar-refractivity contribution is 6.12. The summed E-state index contributed by atoms with van der Waals surface area (Å²) in [5.74, 6) is 0. The van der Waals surface area contributed by atoms with E-state index in [2.05, 4.69) is 6.07 Å². The van der Waals surface area contributed by atoms with Crippen molar-refractivity contribution in [3.63, 3.8) is 0 Å². The molecular weight excluding hydrogens is 181 g/mol. The lowest BCUT2D eigenvalue weighted by atomic mass is 9.72. The van der Waals surface area contributed by atoms with Crippen LogP contribution < -0.4 is 0 Å². The maximum absolute atomic E-state index is 9.13. The van der Waals surface area contributed by atoms with Crippen LogP contribution >= 0.6 is 0 Å². The second-order valence-electron chi connectivity index (χ2n) is 3.82. The van der Waals surface area contributed by atoms with E-state index in [0.717, 1.165) is 0 Å². The summed E-state index contributed by atoms with van der Waals surface area (Å²) in [7, 11) is 5.11. The van der Waals surface area contributed by atoms with Crippen LogP contribution in [0.5, 0.6) is 0 Å². The molecule has 0 unspecified atom stereocenters. The highest BCUT2D eigenvalue weighted by atomic mass is 16.6. The van der Waals surface area contributed by atoms with Gasteiger partial charge < -0.3 is 14.2 Å². The molecule has 1 rings (SSSR count). The van der Waals surface area contributed by atoms with Gasteiger partial charge in [-0.25, -0.2) is 0 Å². The van der Waals surface area contributed by atoms with E-state index >= 15 is 0 Å². The molecule has 0 bridgehead atoms. The maximum Gasteiger partial charge on any atom is 0.141 e. The SMILES string of the molecule is B[C@@H]1O[C@H](COC)[C@@H](OC)[C@@]1(C)C#N. The van der Waals surface area contributed by atoms with Crippen LogP contribution in [0.2, 0.25) is 0 Å². The summed E-state index contributed by atoms with van der Waals surface area (Å²) in [6.45, 7) is 2.32. The highest BCUT2D eigenvalue weighted by Gasteiger charge is 2.52. The van der Waals surface area contributed by atoms with E-state index in [4.69, 9.17) is 19.5 Å². The van der Waals surface area contributed by atoms with Gasteiger partial charge in [-0.15, -0.1) is 0 Å². The fraction of sp³-hybridized carbons (Fsp3) is 0.889. The van der Waals surface area contributed by atoms with Crippen molar-refractivity contribution in [2.45, 2.75) is 25.1 Å². The van der Waals surface area contributed by atoms with E-state index in [1.807, 2.05) is 14.8 Å². The Balaban J connectivity index is 2.84. The molecule has 0 N–H and O–H groups in total. The molecule has 0 aromatic heterocycles. The molecule has 4 nitrogen and oxygen atoms in total. The first-order valence-electron chi connectivity index (χ1n) is 4.68. The monoisotopic (exact) mass is 197 g/mol. The Morgan fingerprint density at radius 3 is 2.64 bits per heavy atom. The van der Waals surface area contributed by atoms with Crippen molar-refractivity contribution < 1.29 is 14.2 Å². The third-order valence-corrected chi connectivity index (χ3v) is 2.98. The standard InChI is InChI=1S/C9H16BNO3/c1-9(5-11)7(13-3)6(4-12-2)14-8(9)10/h6-8H,4,10H2,1-3H3/t6-,7-,8-,9-/m1/s1. The van der Waals surface area contributed by atoms with Crippen molar-refractivity contribution in [1.82, 2.24) is 0 Å². The molecule has 0 aliphatic carbocycles.